The van der Waals surface area contributed by atoms with E-state index in [0.29, 0.717) is 29.5 Å². The van der Waals surface area contributed by atoms with Crippen molar-refractivity contribution in [1.82, 2.24) is 10.6 Å². The van der Waals surface area contributed by atoms with Crippen molar-refractivity contribution in [3.8, 4) is 5.75 Å². The highest BCUT2D eigenvalue weighted by molar-refractivity contribution is 7.92. The Hall–Kier alpha value is -2.58. The largest absolute Gasteiger partial charge is 0.497 e. The van der Waals surface area contributed by atoms with E-state index >= 15 is 0 Å². The van der Waals surface area contributed by atoms with Crippen LogP contribution in [0.2, 0.25) is 0 Å². The second-order valence-electron chi connectivity index (χ2n) is 6.09. The molecular formula is C18H21N3O4S. The summed E-state index contributed by atoms with van der Waals surface area (Å²) in [7, 11) is -2.19. The summed E-state index contributed by atoms with van der Waals surface area (Å²) in [6, 6.07) is 12.4. The molecule has 138 valence electrons. The fraction of sp³-hybridized carbons (Fsp3) is 0.278. The Kier molecular flexibility index (Phi) is 5.43. The lowest BCUT2D eigenvalue weighted by molar-refractivity contribution is 0.0942. The molecular weight excluding hydrogens is 354 g/mol. The third-order valence-corrected chi connectivity index (χ3v) is 5.58. The molecule has 0 bridgehead atoms. The fourth-order valence-electron chi connectivity index (χ4n) is 2.49. The number of hydrogen-bond donors (Lipinski definition) is 3. The Morgan fingerprint density at radius 1 is 1.12 bits per heavy atom. The van der Waals surface area contributed by atoms with Gasteiger partial charge in [-0.05, 0) is 48.5 Å². The van der Waals surface area contributed by atoms with Crippen LogP contribution in [0.3, 0.4) is 0 Å². The van der Waals surface area contributed by atoms with Gasteiger partial charge in [0.2, 0.25) is 0 Å². The number of benzene rings is 2. The molecule has 2 aromatic rings. The Bertz CT molecular complexity index is 860. The topological polar surface area (TPSA) is 96.5 Å². The van der Waals surface area contributed by atoms with Crippen molar-refractivity contribution in [1.29, 1.82) is 0 Å². The number of rotatable bonds is 7. The molecule has 1 heterocycles. The van der Waals surface area contributed by atoms with E-state index in [0.717, 1.165) is 13.1 Å². The molecule has 0 atom stereocenters. The summed E-state index contributed by atoms with van der Waals surface area (Å²) >= 11 is 0. The first-order chi connectivity index (χ1) is 12.5. The minimum absolute atomic E-state index is 0.0908. The molecule has 1 amide bonds. The summed E-state index contributed by atoms with van der Waals surface area (Å²) in [5, 5.41) is 6.00. The molecule has 1 aliphatic heterocycles. The average molecular weight is 375 g/mol. The number of carbonyl (C=O) groups is 1. The maximum Gasteiger partial charge on any atom is 0.261 e. The van der Waals surface area contributed by atoms with Gasteiger partial charge in [-0.3, -0.25) is 9.52 Å². The standard InChI is InChI=1S/C18H21N3O4S/c1-25-16-6-4-15(5-7-16)21-26(23,24)17-8-2-14(3-9-17)18(22)20-12-13-10-19-11-13/h2-9,13,19,21H,10-12H2,1H3,(H,20,22). The van der Waals surface area contributed by atoms with Crippen LogP contribution in [0.15, 0.2) is 53.4 Å². The molecule has 0 radical (unpaired) electrons. The summed E-state index contributed by atoms with van der Waals surface area (Å²) in [5.74, 6) is 0.900. The molecule has 3 rings (SSSR count). The minimum Gasteiger partial charge on any atom is -0.497 e. The summed E-state index contributed by atoms with van der Waals surface area (Å²) in [6.45, 7) is 2.44. The number of anilines is 1. The SMILES string of the molecule is COc1ccc(NS(=O)(=O)c2ccc(C(=O)NCC3CNC3)cc2)cc1. The quantitative estimate of drug-likeness (QED) is 0.681. The van der Waals surface area contributed by atoms with Gasteiger partial charge in [0.1, 0.15) is 5.75 Å². The van der Waals surface area contributed by atoms with Gasteiger partial charge in [-0.15, -0.1) is 0 Å². The van der Waals surface area contributed by atoms with Gasteiger partial charge in [0.15, 0.2) is 0 Å². The lowest BCUT2D eigenvalue weighted by Gasteiger charge is -2.27. The second-order valence-corrected chi connectivity index (χ2v) is 7.78. The molecule has 1 fully saturated rings. The molecule has 7 nitrogen and oxygen atoms in total. The van der Waals surface area contributed by atoms with Crippen LogP contribution in [0.5, 0.6) is 5.75 Å². The first-order valence-corrected chi connectivity index (χ1v) is 9.72. The van der Waals surface area contributed by atoms with Crippen LogP contribution in [0, 0.1) is 5.92 Å². The van der Waals surface area contributed by atoms with Gasteiger partial charge < -0.3 is 15.4 Å². The molecule has 3 N–H and O–H groups in total. The van der Waals surface area contributed by atoms with Crippen molar-refractivity contribution >= 4 is 21.6 Å². The van der Waals surface area contributed by atoms with Gasteiger partial charge in [0, 0.05) is 36.8 Å². The lowest BCUT2D eigenvalue weighted by Crippen LogP contribution is -2.48. The number of ether oxygens (including phenoxy) is 1. The second kappa shape index (κ2) is 7.76. The molecule has 1 aliphatic rings. The van der Waals surface area contributed by atoms with E-state index in [4.69, 9.17) is 4.74 Å². The highest BCUT2D eigenvalue weighted by atomic mass is 32.2. The smallest absolute Gasteiger partial charge is 0.261 e. The van der Waals surface area contributed by atoms with E-state index in [-0.39, 0.29) is 10.8 Å². The molecule has 0 spiro atoms. The molecule has 0 saturated carbocycles. The van der Waals surface area contributed by atoms with Crippen molar-refractivity contribution in [2.75, 3.05) is 31.5 Å². The zero-order valence-corrected chi connectivity index (χ0v) is 15.2. The molecule has 0 aliphatic carbocycles. The zero-order chi connectivity index (χ0) is 18.6. The minimum atomic E-state index is -3.73. The van der Waals surface area contributed by atoms with E-state index in [1.165, 1.54) is 24.3 Å². The van der Waals surface area contributed by atoms with Gasteiger partial charge in [0.05, 0.1) is 12.0 Å². The van der Waals surface area contributed by atoms with Crippen molar-refractivity contribution in [3.05, 3.63) is 54.1 Å². The van der Waals surface area contributed by atoms with Gasteiger partial charge in [-0.25, -0.2) is 8.42 Å². The van der Waals surface area contributed by atoms with E-state index in [1.807, 2.05) is 0 Å². The first-order valence-electron chi connectivity index (χ1n) is 8.24. The van der Waals surface area contributed by atoms with Crippen molar-refractivity contribution in [2.24, 2.45) is 5.92 Å². The van der Waals surface area contributed by atoms with Crippen LogP contribution in [0.4, 0.5) is 5.69 Å². The highest BCUT2D eigenvalue weighted by Crippen LogP contribution is 2.19. The first kappa shape index (κ1) is 18.2. The monoisotopic (exact) mass is 375 g/mol. The van der Waals surface area contributed by atoms with Crippen LogP contribution in [0.25, 0.3) is 0 Å². The number of nitrogens with one attached hydrogen (secondary N) is 3. The predicted molar refractivity (Wildman–Crippen MR) is 98.9 cm³/mol. The molecule has 26 heavy (non-hydrogen) atoms. The van der Waals surface area contributed by atoms with Crippen LogP contribution in [-0.2, 0) is 10.0 Å². The molecule has 1 saturated heterocycles. The Morgan fingerprint density at radius 3 is 2.31 bits per heavy atom. The summed E-state index contributed by atoms with van der Waals surface area (Å²) in [4.78, 5) is 12.2. The third-order valence-electron chi connectivity index (χ3n) is 4.19. The van der Waals surface area contributed by atoms with Gasteiger partial charge >= 0.3 is 0 Å². The fourth-order valence-corrected chi connectivity index (χ4v) is 3.55. The van der Waals surface area contributed by atoms with Crippen LogP contribution >= 0.6 is 0 Å². The summed E-state index contributed by atoms with van der Waals surface area (Å²) in [6.07, 6.45) is 0. The molecule has 0 aromatic heterocycles. The Morgan fingerprint density at radius 2 is 1.77 bits per heavy atom. The number of sulfonamides is 1. The van der Waals surface area contributed by atoms with Gasteiger partial charge in [-0.1, -0.05) is 0 Å². The Balaban J connectivity index is 1.64. The number of hydrogen-bond acceptors (Lipinski definition) is 5. The van der Waals surface area contributed by atoms with Crippen molar-refractivity contribution in [2.45, 2.75) is 4.90 Å². The van der Waals surface area contributed by atoms with Crippen LogP contribution < -0.4 is 20.1 Å². The highest BCUT2D eigenvalue weighted by Gasteiger charge is 2.18. The van der Waals surface area contributed by atoms with Gasteiger partial charge in [0.25, 0.3) is 15.9 Å². The zero-order valence-electron chi connectivity index (χ0n) is 14.4. The maximum atomic E-state index is 12.4. The summed E-state index contributed by atoms with van der Waals surface area (Å²) < 4.78 is 32.4. The van der Waals surface area contributed by atoms with Crippen molar-refractivity contribution in [3.63, 3.8) is 0 Å². The molecule has 8 heteroatoms. The number of carbonyl (C=O) groups excluding carboxylic acids is 1. The third kappa shape index (κ3) is 4.33. The van der Waals surface area contributed by atoms with Crippen LogP contribution in [0.1, 0.15) is 10.4 Å². The molecule has 2 aromatic carbocycles. The Labute approximate surface area is 152 Å². The number of methoxy groups -OCH3 is 1. The molecule has 0 unspecified atom stereocenters. The normalized spacial score (nSPS) is 14.3. The number of amides is 1. The lowest BCUT2D eigenvalue weighted by atomic mass is 10.0. The predicted octanol–water partition coefficient (Wildman–Crippen LogP) is 1.45. The van der Waals surface area contributed by atoms with E-state index in [2.05, 4.69) is 15.4 Å². The van der Waals surface area contributed by atoms with Crippen LogP contribution in [-0.4, -0.2) is 41.1 Å². The average Bonchev–Trinajstić information content (AvgIpc) is 2.61. The van der Waals surface area contributed by atoms with E-state index in [9.17, 15) is 13.2 Å². The maximum absolute atomic E-state index is 12.4. The summed E-state index contributed by atoms with van der Waals surface area (Å²) in [5.41, 5.74) is 0.863. The van der Waals surface area contributed by atoms with Crippen molar-refractivity contribution < 1.29 is 17.9 Å². The van der Waals surface area contributed by atoms with E-state index < -0.39 is 10.0 Å². The van der Waals surface area contributed by atoms with E-state index in [1.54, 1.807) is 31.4 Å². The van der Waals surface area contributed by atoms with Gasteiger partial charge in [-0.2, -0.15) is 0 Å².